The first kappa shape index (κ1) is 12.1. The number of rotatable bonds is 4. The molecule has 0 aromatic carbocycles. The number of aromatic nitrogens is 2. The van der Waals surface area contributed by atoms with Crippen molar-refractivity contribution in [3.8, 4) is 0 Å². The summed E-state index contributed by atoms with van der Waals surface area (Å²) in [7, 11) is 0. The maximum Gasteiger partial charge on any atom is 0.239 e. The van der Waals surface area contributed by atoms with E-state index in [1.807, 2.05) is 17.7 Å². The Hall–Kier alpha value is -1.40. The van der Waals surface area contributed by atoms with Crippen molar-refractivity contribution in [1.29, 1.82) is 0 Å². The Balaban J connectivity index is 1.77. The quantitative estimate of drug-likeness (QED) is 0.733. The zero-order valence-electron chi connectivity index (χ0n) is 9.93. The van der Waals surface area contributed by atoms with Crippen LogP contribution in [0.1, 0.15) is 6.92 Å². The Morgan fingerprint density at radius 1 is 1.76 bits per heavy atom. The Bertz CT molecular complexity index is 346. The maximum atomic E-state index is 11.9. The average Bonchev–Trinajstić information content (AvgIpc) is 2.82. The Morgan fingerprint density at radius 3 is 3.29 bits per heavy atom. The van der Waals surface area contributed by atoms with Crippen LogP contribution in [0, 0.1) is 0 Å². The minimum Gasteiger partial charge on any atom is -0.378 e. The van der Waals surface area contributed by atoms with Crippen LogP contribution in [-0.2, 0) is 16.1 Å². The molecule has 0 radical (unpaired) electrons. The molecule has 17 heavy (non-hydrogen) atoms. The number of amides is 1. The number of carbonyl (C=O) groups excluding carboxylic acids is 1. The van der Waals surface area contributed by atoms with E-state index in [0.717, 1.165) is 13.1 Å². The maximum absolute atomic E-state index is 11.9. The van der Waals surface area contributed by atoms with Gasteiger partial charge in [0.2, 0.25) is 5.91 Å². The van der Waals surface area contributed by atoms with Crippen LogP contribution in [0.3, 0.4) is 0 Å². The van der Waals surface area contributed by atoms with Gasteiger partial charge in [0.05, 0.1) is 19.5 Å². The van der Waals surface area contributed by atoms with E-state index in [0.29, 0.717) is 13.2 Å². The molecule has 6 heteroatoms. The van der Waals surface area contributed by atoms with Crippen molar-refractivity contribution in [1.82, 2.24) is 20.2 Å². The van der Waals surface area contributed by atoms with Gasteiger partial charge >= 0.3 is 0 Å². The smallest absolute Gasteiger partial charge is 0.239 e. The van der Waals surface area contributed by atoms with E-state index < -0.39 is 0 Å². The predicted molar refractivity (Wildman–Crippen MR) is 62.4 cm³/mol. The van der Waals surface area contributed by atoms with E-state index in [1.54, 1.807) is 12.5 Å². The predicted octanol–water partition coefficient (Wildman–Crippen LogP) is -0.624. The minimum absolute atomic E-state index is 0.00249. The molecular weight excluding hydrogens is 220 g/mol. The third-order valence-electron chi connectivity index (χ3n) is 2.67. The average molecular weight is 238 g/mol. The molecule has 0 saturated carbocycles. The standard InChI is InChI=1S/C11H18N4O2/c1-9(6-15-4-2-12-8-15)14-11(16)10-7-17-5-3-13-10/h2,4,8-10,13H,3,5-7H2,1H3,(H,14,16). The first-order chi connectivity index (χ1) is 8.25. The van der Waals surface area contributed by atoms with Crippen LogP contribution < -0.4 is 10.6 Å². The molecule has 0 aliphatic carbocycles. The van der Waals surface area contributed by atoms with Crippen molar-refractivity contribution in [3.63, 3.8) is 0 Å². The summed E-state index contributed by atoms with van der Waals surface area (Å²) >= 11 is 0. The Labute approximate surface area is 100 Å². The second-order valence-corrected chi connectivity index (χ2v) is 4.25. The van der Waals surface area contributed by atoms with Crippen molar-refractivity contribution in [2.45, 2.75) is 25.6 Å². The second-order valence-electron chi connectivity index (χ2n) is 4.25. The lowest BCUT2D eigenvalue weighted by atomic mass is 10.2. The lowest BCUT2D eigenvalue weighted by Crippen LogP contribution is -2.53. The van der Waals surface area contributed by atoms with Gasteiger partial charge in [-0.2, -0.15) is 0 Å². The van der Waals surface area contributed by atoms with Crippen molar-refractivity contribution < 1.29 is 9.53 Å². The summed E-state index contributed by atoms with van der Waals surface area (Å²) in [5, 5.41) is 6.08. The molecule has 0 spiro atoms. The van der Waals surface area contributed by atoms with Crippen molar-refractivity contribution in [2.24, 2.45) is 0 Å². The van der Waals surface area contributed by atoms with E-state index in [-0.39, 0.29) is 18.0 Å². The fraction of sp³-hybridized carbons (Fsp3) is 0.636. The van der Waals surface area contributed by atoms with Gasteiger partial charge in [-0.15, -0.1) is 0 Å². The zero-order chi connectivity index (χ0) is 12.1. The third kappa shape index (κ3) is 3.54. The Kier molecular flexibility index (Phi) is 4.11. The van der Waals surface area contributed by atoms with Crippen LogP contribution in [-0.4, -0.2) is 47.3 Å². The van der Waals surface area contributed by atoms with E-state index in [9.17, 15) is 4.79 Å². The molecule has 1 aliphatic heterocycles. The van der Waals surface area contributed by atoms with Crippen LogP contribution >= 0.6 is 0 Å². The molecule has 1 amide bonds. The fourth-order valence-corrected chi connectivity index (χ4v) is 1.83. The Morgan fingerprint density at radius 2 is 2.65 bits per heavy atom. The highest BCUT2D eigenvalue weighted by atomic mass is 16.5. The van der Waals surface area contributed by atoms with Gasteiger partial charge in [-0.3, -0.25) is 4.79 Å². The van der Waals surface area contributed by atoms with Gasteiger partial charge in [0, 0.05) is 31.5 Å². The number of nitrogens with zero attached hydrogens (tertiary/aromatic N) is 2. The molecule has 94 valence electrons. The summed E-state index contributed by atoms with van der Waals surface area (Å²) in [4.78, 5) is 15.8. The molecule has 2 rings (SSSR count). The van der Waals surface area contributed by atoms with Crippen molar-refractivity contribution in [3.05, 3.63) is 18.7 Å². The number of hydrogen-bond donors (Lipinski definition) is 2. The highest BCUT2D eigenvalue weighted by Crippen LogP contribution is 1.96. The van der Waals surface area contributed by atoms with Gasteiger partial charge in [-0.05, 0) is 6.92 Å². The normalized spacial score (nSPS) is 22.1. The van der Waals surface area contributed by atoms with Crippen molar-refractivity contribution in [2.75, 3.05) is 19.8 Å². The molecule has 2 atom stereocenters. The second kappa shape index (κ2) is 5.79. The van der Waals surface area contributed by atoms with Crippen LogP contribution in [0.15, 0.2) is 18.7 Å². The van der Waals surface area contributed by atoms with Gasteiger partial charge in [-0.1, -0.05) is 0 Å². The number of ether oxygens (including phenoxy) is 1. The summed E-state index contributed by atoms with van der Waals surface area (Å²) in [6.07, 6.45) is 5.35. The molecule has 2 unspecified atom stereocenters. The zero-order valence-corrected chi connectivity index (χ0v) is 9.93. The molecule has 1 saturated heterocycles. The monoisotopic (exact) mass is 238 g/mol. The molecule has 1 aromatic heterocycles. The van der Waals surface area contributed by atoms with Gasteiger partial charge in [-0.25, -0.2) is 4.98 Å². The summed E-state index contributed by atoms with van der Waals surface area (Å²) in [6.45, 7) is 4.55. The van der Waals surface area contributed by atoms with E-state index in [1.165, 1.54) is 0 Å². The number of nitrogens with one attached hydrogen (secondary N) is 2. The van der Waals surface area contributed by atoms with E-state index in [2.05, 4.69) is 15.6 Å². The SMILES string of the molecule is CC(Cn1ccnc1)NC(=O)C1COCCN1. The molecule has 2 heterocycles. The first-order valence-electron chi connectivity index (χ1n) is 5.83. The summed E-state index contributed by atoms with van der Waals surface area (Å²) in [5.41, 5.74) is 0. The van der Waals surface area contributed by atoms with E-state index in [4.69, 9.17) is 4.74 Å². The van der Waals surface area contributed by atoms with Gasteiger partial charge in [0.15, 0.2) is 0 Å². The van der Waals surface area contributed by atoms with Crippen LogP contribution in [0.5, 0.6) is 0 Å². The molecule has 1 aliphatic rings. The molecule has 6 nitrogen and oxygen atoms in total. The number of morpholine rings is 1. The van der Waals surface area contributed by atoms with E-state index >= 15 is 0 Å². The lowest BCUT2D eigenvalue weighted by Gasteiger charge is -2.24. The summed E-state index contributed by atoms with van der Waals surface area (Å²) in [5.74, 6) is -0.00249. The highest BCUT2D eigenvalue weighted by molar-refractivity contribution is 5.82. The first-order valence-corrected chi connectivity index (χ1v) is 5.83. The highest BCUT2D eigenvalue weighted by Gasteiger charge is 2.22. The van der Waals surface area contributed by atoms with Crippen LogP contribution in [0.4, 0.5) is 0 Å². The van der Waals surface area contributed by atoms with Gasteiger partial charge in [0.25, 0.3) is 0 Å². The largest absolute Gasteiger partial charge is 0.378 e. The minimum atomic E-state index is -0.228. The molecular formula is C11H18N4O2. The number of carbonyl (C=O) groups is 1. The molecule has 1 fully saturated rings. The van der Waals surface area contributed by atoms with Gasteiger partial charge in [0.1, 0.15) is 6.04 Å². The fourth-order valence-electron chi connectivity index (χ4n) is 1.83. The lowest BCUT2D eigenvalue weighted by molar-refractivity contribution is -0.126. The number of imidazole rings is 1. The van der Waals surface area contributed by atoms with Crippen LogP contribution in [0.2, 0.25) is 0 Å². The van der Waals surface area contributed by atoms with Crippen molar-refractivity contribution >= 4 is 5.91 Å². The number of hydrogen-bond acceptors (Lipinski definition) is 4. The van der Waals surface area contributed by atoms with Gasteiger partial charge < -0.3 is 19.9 Å². The molecule has 1 aromatic rings. The topological polar surface area (TPSA) is 68.2 Å². The molecule has 0 bridgehead atoms. The summed E-state index contributed by atoms with van der Waals surface area (Å²) in [6, 6.07) is -0.158. The summed E-state index contributed by atoms with van der Waals surface area (Å²) < 4.78 is 7.19. The van der Waals surface area contributed by atoms with Crippen LogP contribution in [0.25, 0.3) is 0 Å². The molecule has 2 N–H and O–H groups in total. The third-order valence-corrected chi connectivity index (χ3v) is 2.67.